The van der Waals surface area contributed by atoms with Crippen LogP contribution in [0.3, 0.4) is 0 Å². The maximum absolute atomic E-state index is 14.1. The van der Waals surface area contributed by atoms with Crippen LogP contribution in [0.4, 0.5) is 74.6 Å². The molecule has 0 bridgehead atoms. The Kier molecular flexibility index (Phi) is 11.5. The van der Waals surface area contributed by atoms with E-state index < -0.39 is 105 Å². The van der Waals surface area contributed by atoms with Gasteiger partial charge in [0.25, 0.3) is 11.8 Å². The first-order valence-corrected chi connectivity index (χ1v) is 10.8. The van der Waals surface area contributed by atoms with Gasteiger partial charge in [-0.2, -0.15) is 52.7 Å². The fraction of sp³-hybridized carbons (Fsp3) is 1.00. The van der Waals surface area contributed by atoms with Gasteiger partial charge in [-0.3, -0.25) is 0 Å². The van der Waals surface area contributed by atoms with Gasteiger partial charge in [0.05, 0.1) is 30.6 Å². The Morgan fingerprint density at radius 3 is 1.27 bits per heavy atom. The van der Waals surface area contributed by atoms with E-state index >= 15 is 0 Å². The fourth-order valence-electron chi connectivity index (χ4n) is 3.71. The summed E-state index contributed by atoms with van der Waals surface area (Å²) in [4.78, 5) is 0. The van der Waals surface area contributed by atoms with Crippen molar-refractivity contribution in [3.63, 3.8) is 0 Å². The minimum Gasteiger partial charge on any atom is -0.234 e. The van der Waals surface area contributed by atoms with Gasteiger partial charge in [-0.05, 0) is 26.2 Å². The third kappa shape index (κ3) is 12.5. The van der Waals surface area contributed by atoms with Crippen LogP contribution in [-0.2, 0) is 0 Å². The monoisotopic (exact) mass is 588 g/mol. The molecule has 224 valence electrons. The molecule has 0 N–H and O–H groups in total. The second-order valence-electron chi connectivity index (χ2n) is 9.29. The second kappa shape index (κ2) is 11.9. The first-order chi connectivity index (χ1) is 16.0. The third-order valence-corrected chi connectivity index (χ3v) is 5.68. The van der Waals surface area contributed by atoms with Gasteiger partial charge in [-0.15, -0.1) is 0 Å². The van der Waals surface area contributed by atoms with E-state index in [-0.39, 0.29) is 12.8 Å². The molecule has 17 heteroatoms. The molecule has 0 heterocycles. The van der Waals surface area contributed by atoms with E-state index in [2.05, 4.69) is 0 Å². The third-order valence-electron chi connectivity index (χ3n) is 5.68. The molecule has 0 aromatic rings. The summed E-state index contributed by atoms with van der Waals surface area (Å²) in [6.45, 7) is 0.952. The predicted molar refractivity (Wildman–Crippen MR) is 96.7 cm³/mol. The second-order valence-corrected chi connectivity index (χ2v) is 9.29. The van der Waals surface area contributed by atoms with Crippen molar-refractivity contribution in [3.8, 4) is 0 Å². The molecule has 4 unspecified atom stereocenters. The van der Waals surface area contributed by atoms with Crippen LogP contribution < -0.4 is 0 Å². The van der Waals surface area contributed by atoms with Crippen LogP contribution in [0.15, 0.2) is 0 Å². The van der Waals surface area contributed by atoms with Gasteiger partial charge in [0, 0.05) is 6.42 Å². The lowest BCUT2D eigenvalue weighted by Gasteiger charge is -2.33. The molecule has 0 fully saturated rings. The smallest absolute Gasteiger partial charge is 0.234 e. The van der Waals surface area contributed by atoms with E-state index in [4.69, 9.17) is 0 Å². The lowest BCUT2D eigenvalue weighted by atomic mass is 9.81. The molecule has 0 saturated heterocycles. The molecule has 0 aromatic heterocycles. The summed E-state index contributed by atoms with van der Waals surface area (Å²) < 4.78 is 226. The molecule has 0 aliphatic heterocycles. The highest BCUT2D eigenvalue weighted by molar-refractivity contribution is 4.92. The Bertz CT molecular complexity index is 681. The highest BCUT2D eigenvalue weighted by atomic mass is 19.4. The lowest BCUT2D eigenvalue weighted by molar-refractivity contribution is -0.254. The molecule has 0 nitrogen and oxygen atoms in total. The van der Waals surface area contributed by atoms with Crippen LogP contribution >= 0.6 is 0 Å². The number of hydrogen-bond acceptors (Lipinski definition) is 0. The van der Waals surface area contributed by atoms with Crippen LogP contribution in [0.25, 0.3) is 0 Å². The standard InChI is InChI=1S/C20H25F17/c1-3-4-5-11(17(26,27)28)6-12(18(29,30)31)7-13(19(32,33)34)8-15(22,23)10-16(24,25)9-14(2,21)20(35,36)37/h11-13H,3-10H2,1-2H3. The Labute approximate surface area is 200 Å². The SMILES string of the molecule is CCCCC(CC(CC(CC(F)(F)CC(F)(F)CC(C)(F)C(F)(F)F)C(F)(F)F)C(F)(F)F)C(F)(F)F. The Morgan fingerprint density at radius 2 is 0.919 bits per heavy atom. The molecule has 0 aliphatic carbocycles. The Hall–Kier alpha value is -1.19. The zero-order valence-corrected chi connectivity index (χ0v) is 19.3. The molecule has 0 aromatic carbocycles. The summed E-state index contributed by atoms with van der Waals surface area (Å²) in [7, 11) is 0. The zero-order chi connectivity index (χ0) is 29.9. The predicted octanol–water partition coefficient (Wildman–Crippen LogP) is 10.2. The van der Waals surface area contributed by atoms with Crippen molar-refractivity contribution < 1.29 is 74.6 Å². The summed E-state index contributed by atoms with van der Waals surface area (Å²) in [6, 6.07) is 0. The van der Waals surface area contributed by atoms with Crippen molar-refractivity contribution in [1.29, 1.82) is 0 Å². The Morgan fingerprint density at radius 1 is 0.514 bits per heavy atom. The minimum absolute atomic E-state index is 0.0845. The van der Waals surface area contributed by atoms with Crippen molar-refractivity contribution in [2.24, 2.45) is 17.8 Å². The van der Waals surface area contributed by atoms with Crippen LogP contribution in [0.1, 0.15) is 65.2 Å². The topological polar surface area (TPSA) is 0 Å². The zero-order valence-electron chi connectivity index (χ0n) is 19.3. The fourth-order valence-corrected chi connectivity index (χ4v) is 3.71. The first-order valence-electron chi connectivity index (χ1n) is 10.8. The van der Waals surface area contributed by atoms with Gasteiger partial charge in [0.15, 0.2) is 0 Å². The first kappa shape index (κ1) is 35.8. The van der Waals surface area contributed by atoms with E-state index in [9.17, 15) is 74.6 Å². The molecule has 0 radical (unpaired) electrons. The van der Waals surface area contributed by atoms with Crippen LogP contribution in [0.2, 0.25) is 0 Å². The molecule has 0 amide bonds. The number of hydrogen-bond donors (Lipinski definition) is 0. The van der Waals surface area contributed by atoms with Crippen LogP contribution in [0, 0.1) is 17.8 Å². The number of rotatable bonds is 13. The van der Waals surface area contributed by atoms with Crippen LogP contribution in [0.5, 0.6) is 0 Å². The van der Waals surface area contributed by atoms with Gasteiger partial charge >= 0.3 is 24.7 Å². The molecule has 0 saturated carbocycles. The van der Waals surface area contributed by atoms with E-state index in [1.54, 1.807) is 0 Å². The van der Waals surface area contributed by atoms with Gasteiger partial charge in [-0.1, -0.05) is 19.8 Å². The molecule has 0 spiro atoms. The highest BCUT2D eigenvalue weighted by Gasteiger charge is 2.60. The largest absolute Gasteiger partial charge is 0.422 e. The normalized spacial score (nSPS) is 18.9. The van der Waals surface area contributed by atoms with Gasteiger partial charge in [0.2, 0.25) is 5.67 Å². The molecular weight excluding hydrogens is 563 g/mol. The number of alkyl halides is 17. The number of unbranched alkanes of at least 4 members (excludes halogenated alkanes) is 1. The summed E-state index contributed by atoms with van der Waals surface area (Å²) in [5.41, 5.74) is -4.73. The van der Waals surface area contributed by atoms with Crippen molar-refractivity contribution in [2.75, 3.05) is 0 Å². The van der Waals surface area contributed by atoms with E-state index in [1.165, 1.54) is 6.92 Å². The van der Waals surface area contributed by atoms with Crippen LogP contribution in [-0.4, -0.2) is 42.2 Å². The molecular formula is C20H25F17. The van der Waals surface area contributed by atoms with E-state index in [0.717, 1.165) is 0 Å². The molecule has 0 aliphatic rings. The van der Waals surface area contributed by atoms with Gasteiger partial charge in [0.1, 0.15) is 0 Å². The van der Waals surface area contributed by atoms with Crippen molar-refractivity contribution in [1.82, 2.24) is 0 Å². The van der Waals surface area contributed by atoms with Gasteiger partial charge in [-0.25, -0.2) is 22.0 Å². The van der Waals surface area contributed by atoms with Gasteiger partial charge < -0.3 is 0 Å². The lowest BCUT2D eigenvalue weighted by Crippen LogP contribution is -2.45. The average Bonchev–Trinajstić information content (AvgIpc) is 2.57. The van der Waals surface area contributed by atoms with E-state index in [1.807, 2.05) is 0 Å². The van der Waals surface area contributed by atoms with Crippen molar-refractivity contribution in [3.05, 3.63) is 0 Å². The molecule has 37 heavy (non-hydrogen) atoms. The van der Waals surface area contributed by atoms with Crippen molar-refractivity contribution in [2.45, 2.75) is 107 Å². The summed E-state index contributed by atoms with van der Waals surface area (Å²) >= 11 is 0. The minimum atomic E-state index is -5.97. The highest BCUT2D eigenvalue weighted by Crippen LogP contribution is 2.50. The molecule has 0 rings (SSSR count). The summed E-state index contributed by atoms with van der Waals surface area (Å²) in [6.07, 6.45) is -37.0. The quantitative estimate of drug-likeness (QED) is 0.188. The maximum atomic E-state index is 14.1. The Balaban J connectivity index is 5.94. The van der Waals surface area contributed by atoms with Crippen molar-refractivity contribution >= 4 is 0 Å². The number of halogens is 17. The molecule has 4 atom stereocenters. The summed E-state index contributed by atoms with van der Waals surface area (Å²) in [5, 5.41) is 0. The average molecular weight is 588 g/mol. The maximum Gasteiger partial charge on any atom is 0.422 e. The summed E-state index contributed by atoms with van der Waals surface area (Å²) in [5.74, 6) is -20.4. The van der Waals surface area contributed by atoms with E-state index in [0.29, 0.717) is 0 Å².